The molecule has 22 heavy (non-hydrogen) atoms. The van der Waals surface area contributed by atoms with Crippen molar-refractivity contribution in [3.63, 3.8) is 0 Å². The molecule has 4 nitrogen and oxygen atoms in total. The summed E-state index contributed by atoms with van der Waals surface area (Å²) in [5.74, 6) is 1.43. The van der Waals surface area contributed by atoms with Gasteiger partial charge in [-0.15, -0.1) is 0 Å². The van der Waals surface area contributed by atoms with Crippen molar-refractivity contribution in [2.75, 3.05) is 13.2 Å². The molecule has 1 unspecified atom stereocenters. The highest BCUT2D eigenvalue weighted by Crippen LogP contribution is 2.39. The van der Waals surface area contributed by atoms with Crippen molar-refractivity contribution in [3.05, 3.63) is 21.7 Å². The topological polar surface area (TPSA) is 53.9 Å². The molecule has 124 valence electrons. The van der Waals surface area contributed by atoms with E-state index in [1.54, 1.807) is 6.21 Å². The Labute approximate surface area is 144 Å². The monoisotopic (exact) mass is 389 g/mol. The fourth-order valence-electron chi connectivity index (χ4n) is 1.69. The fraction of sp³-hybridized carbons (Fsp3) is 0.562. The van der Waals surface area contributed by atoms with Gasteiger partial charge in [-0.3, -0.25) is 0 Å². The van der Waals surface area contributed by atoms with Crippen molar-refractivity contribution in [2.45, 2.75) is 46.3 Å². The molecule has 0 fully saturated rings. The third-order valence-electron chi connectivity index (χ3n) is 2.88. The molecule has 0 aliphatic rings. The van der Waals surface area contributed by atoms with E-state index in [0.717, 1.165) is 21.3 Å². The maximum Gasteiger partial charge on any atom is 0.144 e. The lowest BCUT2D eigenvalue weighted by Crippen LogP contribution is -2.25. The number of nitrogens with zero attached hydrogens (tertiary/aromatic N) is 1. The third kappa shape index (κ3) is 4.89. The van der Waals surface area contributed by atoms with Gasteiger partial charge in [0.25, 0.3) is 0 Å². The Morgan fingerprint density at radius 2 is 1.86 bits per heavy atom. The molecule has 0 saturated heterocycles. The molecular weight excluding hydrogens is 366 g/mol. The zero-order chi connectivity index (χ0) is 16.9. The van der Waals surface area contributed by atoms with E-state index in [4.69, 9.17) is 9.47 Å². The zero-order valence-electron chi connectivity index (χ0n) is 14.0. The van der Waals surface area contributed by atoms with Crippen LogP contribution in [0.5, 0.6) is 11.5 Å². The summed E-state index contributed by atoms with van der Waals surface area (Å²) in [6.07, 6.45) is 1.63. The molecule has 0 aromatic heterocycles. The van der Waals surface area contributed by atoms with Gasteiger partial charge >= 0.3 is 0 Å². The first kappa shape index (κ1) is 19.3. The summed E-state index contributed by atoms with van der Waals surface area (Å²) in [6, 6.07) is 1.88. The quantitative estimate of drug-likeness (QED) is 0.533. The lowest BCUT2D eigenvalue weighted by molar-refractivity contribution is 0.317. The standard InChI is InChI=1S/C16H24BrNO3S/c1-7-20-13-9-12(10-18-22(19)16(4,5)6)11(3)15(14(13)17)21-8-2/h9-10H,7-8H2,1-6H3/b18-10+. The Bertz CT molecular complexity index is 541. The van der Waals surface area contributed by atoms with Crippen LogP contribution in [-0.2, 0) is 11.4 Å². The van der Waals surface area contributed by atoms with Crippen molar-refractivity contribution < 1.29 is 14.0 Å². The van der Waals surface area contributed by atoms with Crippen LogP contribution in [0.4, 0.5) is 0 Å². The van der Waals surface area contributed by atoms with Crippen LogP contribution < -0.4 is 9.47 Å². The molecule has 1 rings (SSSR count). The summed E-state index contributed by atoms with van der Waals surface area (Å²) in [5, 5.41) is 0. The highest BCUT2D eigenvalue weighted by atomic mass is 79.9. The lowest BCUT2D eigenvalue weighted by Gasteiger charge is -2.18. The van der Waals surface area contributed by atoms with Crippen molar-refractivity contribution in [1.82, 2.24) is 0 Å². The Balaban J connectivity index is 3.26. The van der Waals surface area contributed by atoms with Crippen molar-refractivity contribution in [3.8, 4) is 11.5 Å². The van der Waals surface area contributed by atoms with Crippen LogP contribution in [0.3, 0.4) is 0 Å². The van der Waals surface area contributed by atoms with Crippen LogP contribution in [0.1, 0.15) is 45.7 Å². The number of benzene rings is 1. The van der Waals surface area contributed by atoms with E-state index in [2.05, 4.69) is 20.3 Å². The molecule has 0 aliphatic carbocycles. The van der Waals surface area contributed by atoms with Crippen molar-refractivity contribution >= 4 is 33.5 Å². The highest BCUT2D eigenvalue weighted by molar-refractivity contribution is 9.10. The fourth-order valence-corrected chi connectivity index (χ4v) is 2.86. The van der Waals surface area contributed by atoms with Crippen LogP contribution in [0.25, 0.3) is 0 Å². The number of rotatable bonds is 6. The van der Waals surface area contributed by atoms with E-state index < -0.39 is 11.4 Å². The van der Waals surface area contributed by atoms with Gasteiger partial charge in [-0.1, -0.05) is 4.40 Å². The third-order valence-corrected chi connectivity index (χ3v) is 4.97. The van der Waals surface area contributed by atoms with E-state index >= 15 is 0 Å². The number of ether oxygens (including phenoxy) is 2. The van der Waals surface area contributed by atoms with Gasteiger partial charge in [0, 0.05) is 11.1 Å². The SMILES string of the molecule is CCOc1cc(/C=N/[S+]([O-])C(C)(C)C)c(C)c(OCC)c1Br. The molecule has 0 amide bonds. The molecule has 0 saturated carbocycles. The molecule has 1 atom stereocenters. The van der Waals surface area contributed by atoms with Crippen LogP contribution in [0.15, 0.2) is 14.9 Å². The van der Waals surface area contributed by atoms with Gasteiger partial charge in [0.2, 0.25) is 0 Å². The molecule has 0 N–H and O–H groups in total. The largest absolute Gasteiger partial charge is 0.591 e. The van der Waals surface area contributed by atoms with Gasteiger partial charge in [0.15, 0.2) is 0 Å². The average molecular weight is 390 g/mol. The summed E-state index contributed by atoms with van der Waals surface area (Å²) in [7, 11) is 0. The van der Waals surface area contributed by atoms with Crippen molar-refractivity contribution in [1.29, 1.82) is 0 Å². The molecule has 0 aliphatic heterocycles. The molecule has 1 aromatic carbocycles. The Morgan fingerprint density at radius 1 is 1.27 bits per heavy atom. The number of halogens is 1. The molecule has 1 aromatic rings. The first-order valence-electron chi connectivity index (χ1n) is 7.27. The summed E-state index contributed by atoms with van der Waals surface area (Å²) in [6.45, 7) is 12.6. The van der Waals surface area contributed by atoms with E-state index in [0.29, 0.717) is 19.0 Å². The number of hydrogen-bond acceptors (Lipinski definition) is 4. The van der Waals surface area contributed by atoms with E-state index in [1.165, 1.54) is 0 Å². The summed E-state index contributed by atoms with van der Waals surface area (Å²) in [4.78, 5) is 0. The van der Waals surface area contributed by atoms with Gasteiger partial charge < -0.3 is 14.0 Å². The van der Waals surface area contributed by atoms with E-state index in [1.807, 2.05) is 47.6 Å². The van der Waals surface area contributed by atoms with Crippen LogP contribution >= 0.6 is 15.9 Å². The first-order chi connectivity index (χ1) is 10.2. The summed E-state index contributed by atoms with van der Waals surface area (Å²) < 4.78 is 28.0. The molecule has 0 heterocycles. The Morgan fingerprint density at radius 3 is 2.36 bits per heavy atom. The second-order valence-corrected chi connectivity index (χ2v) is 8.42. The van der Waals surface area contributed by atoms with Crippen LogP contribution in [0, 0.1) is 6.92 Å². The predicted molar refractivity (Wildman–Crippen MR) is 96.7 cm³/mol. The van der Waals surface area contributed by atoms with E-state index in [-0.39, 0.29) is 4.75 Å². The minimum Gasteiger partial charge on any atom is -0.591 e. The maximum absolute atomic E-state index is 12.1. The highest BCUT2D eigenvalue weighted by Gasteiger charge is 2.26. The second kappa shape index (κ2) is 8.22. The molecular formula is C16H24BrNO3S. The van der Waals surface area contributed by atoms with Gasteiger partial charge in [0.05, 0.1) is 19.4 Å². The van der Waals surface area contributed by atoms with Crippen LogP contribution in [-0.4, -0.2) is 28.7 Å². The zero-order valence-corrected chi connectivity index (χ0v) is 16.4. The average Bonchev–Trinajstić information content (AvgIpc) is 2.44. The summed E-state index contributed by atoms with van der Waals surface area (Å²) in [5.41, 5.74) is 1.78. The predicted octanol–water partition coefficient (Wildman–Crippen LogP) is 4.44. The smallest absolute Gasteiger partial charge is 0.144 e. The normalized spacial score (nSPS) is 13.5. The van der Waals surface area contributed by atoms with Gasteiger partial charge in [-0.05, 0) is 63.5 Å². The van der Waals surface area contributed by atoms with Gasteiger partial charge in [-0.25, -0.2) is 0 Å². The van der Waals surface area contributed by atoms with Gasteiger partial charge in [-0.2, -0.15) is 0 Å². The van der Waals surface area contributed by atoms with Crippen molar-refractivity contribution in [2.24, 2.45) is 4.40 Å². The molecule has 0 spiro atoms. The Hall–Kier alpha value is -0.720. The first-order valence-corrected chi connectivity index (χ1v) is 9.17. The van der Waals surface area contributed by atoms with Gasteiger partial charge in [0.1, 0.15) is 32.1 Å². The second-order valence-electron chi connectivity index (χ2n) is 5.69. The molecule has 0 radical (unpaired) electrons. The molecule has 0 bridgehead atoms. The minimum absolute atomic E-state index is 0.384. The number of hydrogen-bond donors (Lipinski definition) is 0. The maximum atomic E-state index is 12.1. The summed E-state index contributed by atoms with van der Waals surface area (Å²) >= 11 is 2.23. The van der Waals surface area contributed by atoms with Crippen LogP contribution in [0.2, 0.25) is 0 Å². The lowest BCUT2D eigenvalue weighted by atomic mass is 10.1. The Kier molecular flexibility index (Phi) is 7.22. The van der Waals surface area contributed by atoms with E-state index in [9.17, 15) is 4.55 Å². The minimum atomic E-state index is -1.30. The molecule has 6 heteroatoms.